The summed E-state index contributed by atoms with van der Waals surface area (Å²) >= 11 is 0. The van der Waals surface area contributed by atoms with Crippen LogP contribution in [0, 0.1) is 10.1 Å². The molecule has 0 saturated carbocycles. The van der Waals surface area contributed by atoms with Gasteiger partial charge in [0.25, 0.3) is 11.6 Å². The average Bonchev–Trinajstić information content (AvgIpc) is 3.19. The Labute approximate surface area is 165 Å². The molecule has 1 heterocycles. The number of hydrogen-bond acceptors (Lipinski definition) is 7. The number of carbonyl (C=O) groups excluding carboxylic acids is 1. The quantitative estimate of drug-likeness (QED) is 0.357. The van der Waals surface area contributed by atoms with Crippen LogP contribution in [0.1, 0.15) is 5.56 Å². The van der Waals surface area contributed by atoms with E-state index in [0.29, 0.717) is 28.5 Å². The Hall–Kier alpha value is -4.21. The second-order valence-electron chi connectivity index (χ2n) is 5.71. The number of H-pyrrole nitrogens is 1. The summed E-state index contributed by atoms with van der Waals surface area (Å²) in [6.45, 7) is 0. The summed E-state index contributed by atoms with van der Waals surface area (Å²) in [6, 6.07) is 11.3. The summed E-state index contributed by atoms with van der Waals surface area (Å²) in [5.41, 5.74) is 0.853. The summed E-state index contributed by atoms with van der Waals surface area (Å²) in [6.07, 6.45) is 2.53. The molecule has 1 aromatic heterocycles. The third-order valence-electron chi connectivity index (χ3n) is 3.93. The maximum atomic E-state index is 12.1. The van der Waals surface area contributed by atoms with Gasteiger partial charge in [0.1, 0.15) is 11.5 Å². The van der Waals surface area contributed by atoms with Gasteiger partial charge in [0.2, 0.25) is 5.95 Å². The predicted octanol–water partition coefficient (Wildman–Crippen LogP) is 3.05. The second kappa shape index (κ2) is 8.65. The van der Waals surface area contributed by atoms with Crippen molar-refractivity contribution in [3.05, 3.63) is 64.2 Å². The standard InChI is InChI=1S/C19H17N5O5/c1-28-13-8-9-14(16(11-13)29-2)18-21-19(23-22-18)20-17(25)10-7-12-5-3-4-6-15(12)24(26)27/h3-11H,1-2H3,(H2,20,21,22,23,25). The number of nitro benzene ring substituents is 1. The monoisotopic (exact) mass is 395 g/mol. The van der Waals surface area contributed by atoms with Gasteiger partial charge in [-0.3, -0.25) is 25.3 Å². The van der Waals surface area contributed by atoms with E-state index in [-0.39, 0.29) is 11.6 Å². The number of anilines is 1. The molecular formula is C19H17N5O5. The first-order valence-corrected chi connectivity index (χ1v) is 8.39. The molecule has 10 nitrogen and oxygen atoms in total. The second-order valence-corrected chi connectivity index (χ2v) is 5.71. The van der Waals surface area contributed by atoms with Crippen LogP contribution in [0.3, 0.4) is 0 Å². The van der Waals surface area contributed by atoms with Crippen molar-refractivity contribution in [3.8, 4) is 22.9 Å². The summed E-state index contributed by atoms with van der Waals surface area (Å²) < 4.78 is 10.5. The van der Waals surface area contributed by atoms with E-state index in [9.17, 15) is 14.9 Å². The van der Waals surface area contributed by atoms with Crippen LogP contribution in [-0.2, 0) is 4.79 Å². The van der Waals surface area contributed by atoms with E-state index in [1.807, 2.05) is 0 Å². The van der Waals surface area contributed by atoms with Gasteiger partial charge in [-0.05, 0) is 24.3 Å². The van der Waals surface area contributed by atoms with E-state index < -0.39 is 10.8 Å². The van der Waals surface area contributed by atoms with Crippen LogP contribution in [0.25, 0.3) is 17.5 Å². The Bertz CT molecular complexity index is 1080. The van der Waals surface area contributed by atoms with E-state index in [1.165, 1.54) is 25.3 Å². The van der Waals surface area contributed by atoms with Crippen molar-refractivity contribution >= 4 is 23.6 Å². The zero-order valence-electron chi connectivity index (χ0n) is 15.6. The molecule has 0 aliphatic heterocycles. The van der Waals surface area contributed by atoms with E-state index in [1.54, 1.807) is 43.5 Å². The summed E-state index contributed by atoms with van der Waals surface area (Å²) in [5, 5.41) is 20.2. The van der Waals surface area contributed by atoms with Crippen LogP contribution in [0.15, 0.2) is 48.5 Å². The Morgan fingerprint density at radius 3 is 2.72 bits per heavy atom. The van der Waals surface area contributed by atoms with Crippen LogP contribution in [0.2, 0.25) is 0 Å². The van der Waals surface area contributed by atoms with Gasteiger partial charge in [0, 0.05) is 18.2 Å². The smallest absolute Gasteiger partial charge is 0.276 e. The molecule has 2 aromatic carbocycles. The van der Waals surface area contributed by atoms with Crippen molar-refractivity contribution in [2.45, 2.75) is 0 Å². The van der Waals surface area contributed by atoms with Crippen LogP contribution >= 0.6 is 0 Å². The highest BCUT2D eigenvalue weighted by Crippen LogP contribution is 2.31. The maximum Gasteiger partial charge on any atom is 0.276 e. The van der Waals surface area contributed by atoms with Gasteiger partial charge >= 0.3 is 0 Å². The van der Waals surface area contributed by atoms with Gasteiger partial charge in [-0.25, -0.2) is 0 Å². The molecule has 3 aromatic rings. The number of nitrogens with zero attached hydrogens (tertiary/aromatic N) is 3. The number of nitrogens with one attached hydrogen (secondary N) is 2. The Morgan fingerprint density at radius 1 is 1.21 bits per heavy atom. The number of amides is 1. The fraction of sp³-hybridized carbons (Fsp3) is 0.105. The number of methoxy groups -OCH3 is 2. The minimum Gasteiger partial charge on any atom is -0.497 e. The molecule has 0 saturated heterocycles. The molecule has 2 N–H and O–H groups in total. The Kier molecular flexibility index (Phi) is 5.83. The van der Waals surface area contributed by atoms with E-state index in [0.717, 1.165) is 0 Å². The molecule has 0 atom stereocenters. The average molecular weight is 395 g/mol. The Balaban J connectivity index is 1.74. The number of benzene rings is 2. The Morgan fingerprint density at radius 2 is 2.00 bits per heavy atom. The van der Waals surface area contributed by atoms with E-state index in [2.05, 4.69) is 20.5 Å². The highest BCUT2D eigenvalue weighted by molar-refractivity contribution is 6.01. The molecule has 148 valence electrons. The third kappa shape index (κ3) is 4.56. The number of hydrogen-bond donors (Lipinski definition) is 2. The minimum absolute atomic E-state index is 0.0510. The highest BCUT2D eigenvalue weighted by atomic mass is 16.6. The minimum atomic E-state index is -0.532. The predicted molar refractivity (Wildman–Crippen MR) is 106 cm³/mol. The first kappa shape index (κ1) is 19.5. The number of aromatic amines is 1. The number of aromatic nitrogens is 3. The van der Waals surface area contributed by atoms with Crippen molar-refractivity contribution in [1.82, 2.24) is 15.2 Å². The fourth-order valence-electron chi connectivity index (χ4n) is 2.54. The molecule has 3 rings (SSSR count). The van der Waals surface area contributed by atoms with E-state index >= 15 is 0 Å². The summed E-state index contributed by atoms with van der Waals surface area (Å²) in [5.74, 6) is 1.06. The zero-order valence-corrected chi connectivity index (χ0v) is 15.6. The van der Waals surface area contributed by atoms with Crippen LogP contribution in [0.5, 0.6) is 11.5 Å². The van der Waals surface area contributed by atoms with Gasteiger partial charge in [0.15, 0.2) is 5.82 Å². The molecule has 10 heteroatoms. The lowest BCUT2D eigenvalue weighted by Crippen LogP contribution is -2.09. The lowest BCUT2D eigenvalue weighted by molar-refractivity contribution is -0.385. The molecular weight excluding hydrogens is 378 g/mol. The molecule has 0 bridgehead atoms. The molecule has 1 amide bonds. The van der Waals surface area contributed by atoms with Crippen molar-refractivity contribution in [2.75, 3.05) is 19.5 Å². The van der Waals surface area contributed by atoms with E-state index in [4.69, 9.17) is 9.47 Å². The zero-order chi connectivity index (χ0) is 20.8. The highest BCUT2D eigenvalue weighted by Gasteiger charge is 2.14. The summed E-state index contributed by atoms with van der Waals surface area (Å²) in [4.78, 5) is 26.8. The van der Waals surface area contributed by atoms with Crippen molar-refractivity contribution in [1.29, 1.82) is 0 Å². The largest absolute Gasteiger partial charge is 0.497 e. The molecule has 0 aliphatic carbocycles. The SMILES string of the molecule is COc1ccc(-c2nc(NC(=O)C=Cc3ccccc3[N+](=O)[O-])n[nH]2)c(OC)c1. The third-order valence-corrected chi connectivity index (χ3v) is 3.93. The van der Waals surface area contributed by atoms with Crippen LogP contribution in [-0.4, -0.2) is 40.2 Å². The van der Waals surface area contributed by atoms with Crippen molar-refractivity contribution in [3.63, 3.8) is 0 Å². The normalized spacial score (nSPS) is 10.7. The van der Waals surface area contributed by atoms with Gasteiger partial charge in [-0.2, -0.15) is 4.98 Å². The molecule has 0 fully saturated rings. The number of carbonyl (C=O) groups is 1. The molecule has 0 radical (unpaired) electrons. The van der Waals surface area contributed by atoms with Crippen LogP contribution < -0.4 is 14.8 Å². The topological polar surface area (TPSA) is 132 Å². The van der Waals surface area contributed by atoms with Gasteiger partial charge in [-0.15, -0.1) is 5.10 Å². The van der Waals surface area contributed by atoms with Crippen molar-refractivity contribution in [2.24, 2.45) is 0 Å². The number of para-hydroxylation sites is 1. The van der Waals surface area contributed by atoms with Gasteiger partial charge < -0.3 is 9.47 Å². The first-order valence-electron chi connectivity index (χ1n) is 8.39. The first-order chi connectivity index (χ1) is 14.0. The fourth-order valence-corrected chi connectivity index (χ4v) is 2.54. The molecule has 0 spiro atoms. The number of rotatable bonds is 7. The van der Waals surface area contributed by atoms with Gasteiger partial charge in [0.05, 0.1) is 30.3 Å². The summed E-state index contributed by atoms with van der Waals surface area (Å²) in [7, 11) is 3.07. The molecule has 29 heavy (non-hydrogen) atoms. The van der Waals surface area contributed by atoms with Crippen LogP contribution in [0.4, 0.5) is 11.6 Å². The molecule has 0 aliphatic rings. The lowest BCUT2D eigenvalue weighted by Gasteiger charge is -2.07. The number of nitro groups is 1. The maximum absolute atomic E-state index is 12.1. The van der Waals surface area contributed by atoms with Crippen molar-refractivity contribution < 1.29 is 19.2 Å². The number of ether oxygens (including phenoxy) is 2. The van der Waals surface area contributed by atoms with Gasteiger partial charge in [-0.1, -0.05) is 12.1 Å². The molecule has 0 unspecified atom stereocenters. The lowest BCUT2D eigenvalue weighted by atomic mass is 10.1.